The molecule has 3 unspecified atom stereocenters. The summed E-state index contributed by atoms with van der Waals surface area (Å²) in [5.41, 5.74) is -1.01. The maximum Gasteiger partial charge on any atom is 0.433 e. The summed E-state index contributed by atoms with van der Waals surface area (Å²) >= 11 is 0. The Morgan fingerprint density at radius 3 is 2.79 bits per heavy atom. The summed E-state index contributed by atoms with van der Waals surface area (Å²) in [6.45, 7) is 0. The van der Waals surface area contributed by atoms with E-state index >= 15 is 0 Å². The number of nitrogens with zero attached hydrogens (tertiary/aromatic N) is 1. The summed E-state index contributed by atoms with van der Waals surface area (Å²) in [6.07, 6.45) is -2.67. The van der Waals surface area contributed by atoms with Crippen molar-refractivity contribution in [2.75, 3.05) is 5.32 Å². The van der Waals surface area contributed by atoms with Crippen molar-refractivity contribution in [2.45, 2.75) is 31.1 Å². The van der Waals surface area contributed by atoms with E-state index in [1.165, 1.54) is 12.1 Å². The quantitative estimate of drug-likeness (QED) is 0.862. The van der Waals surface area contributed by atoms with Crippen LogP contribution in [0.15, 0.2) is 18.2 Å². The minimum Gasteiger partial charge on any atom is -0.309 e. The van der Waals surface area contributed by atoms with Crippen LogP contribution in [-0.4, -0.2) is 23.0 Å². The zero-order valence-corrected chi connectivity index (χ0v) is 9.87. The lowest BCUT2D eigenvalue weighted by Gasteiger charge is -2.13. The lowest BCUT2D eigenvalue weighted by atomic mass is 10.1. The van der Waals surface area contributed by atoms with E-state index in [-0.39, 0.29) is 17.8 Å². The number of carbonyl (C=O) groups excluding carboxylic acids is 1. The average molecular weight is 271 g/mol. The average Bonchev–Trinajstić information content (AvgIpc) is 2.95. The molecule has 2 aliphatic rings. The van der Waals surface area contributed by atoms with Gasteiger partial charge in [0, 0.05) is 6.04 Å². The minimum atomic E-state index is -4.51. The van der Waals surface area contributed by atoms with Crippen molar-refractivity contribution in [2.24, 2.45) is 5.92 Å². The number of halogens is 3. The third-order valence-corrected chi connectivity index (χ3v) is 3.48. The summed E-state index contributed by atoms with van der Waals surface area (Å²) in [6, 6.07) is 3.54. The summed E-state index contributed by atoms with van der Waals surface area (Å²) in [4.78, 5) is 15.2. The Morgan fingerprint density at radius 1 is 1.37 bits per heavy atom. The number of pyridine rings is 1. The molecular formula is C12H12F3N3O. The van der Waals surface area contributed by atoms with Crippen molar-refractivity contribution < 1.29 is 18.0 Å². The lowest BCUT2D eigenvalue weighted by molar-refractivity contribution is -0.141. The molecule has 0 bridgehead atoms. The molecular weight excluding hydrogens is 259 g/mol. The largest absolute Gasteiger partial charge is 0.433 e. The Morgan fingerprint density at radius 2 is 2.16 bits per heavy atom. The Balaban J connectivity index is 1.67. The number of anilines is 1. The van der Waals surface area contributed by atoms with Gasteiger partial charge in [0.15, 0.2) is 0 Å². The monoisotopic (exact) mass is 271 g/mol. The Labute approximate surface area is 107 Å². The topological polar surface area (TPSA) is 54.0 Å². The van der Waals surface area contributed by atoms with Crippen LogP contribution in [0.4, 0.5) is 19.0 Å². The highest BCUT2D eigenvalue weighted by atomic mass is 19.4. The van der Waals surface area contributed by atoms with Gasteiger partial charge in [-0.2, -0.15) is 13.2 Å². The number of carbonyl (C=O) groups is 1. The molecule has 19 heavy (non-hydrogen) atoms. The van der Waals surface area contributed by atoms with Gasteiger partial charge in [-0.25, -0.2) is 4.98 Å². The van der Waals surface area contributed by atoms with E-state index in [1.807, 2.05) is 0 Å². The first kappa shape index (κ1) is 12.4. The van der Waals surface area contributed by atoms with Crippen LogP contribution in [0, 0.1) is 5.92 Å². The van der Waals surface area contributed by atoms with E-state index < -0.39 is 11.9 Å². The highest BCUT2D eigenvalue weighted by molar-refractivity contribution is 5.94. The predicted molar refractivity (Wildman–Crippen MR) is 61.3 cm³/mol. The Hall–Kier alpha value is -1.63. The van der Waals surface area contributed by atoms with Crippen LogP contribution in [0.5, 0.6) is 0 Å². The number of hydrogen-bond donors (Lipinski definition) is 2. The minimum absolute atomic E-state index is 0.0674. The molecule has 1 aromatic rings. The molecule has 3 atom stereocenters. The molecule has 0 radical (unpaired) electrons. The summed E-state index contributed by atoms with van der Waals surface area (Å²) < 4.78 is 37.4. The molecule has 1 aliphatic heterocycles. The molecule has 1 saturated carbocycles. The van der Waals surface area contributed by atoms with Gasteiger partial charge in [0.2, 0.25) is 5.91 Å². The molecule has 2 fully saturated rings. The number of nitrogens with one attached hydrogen (secondary N) is 2. The standard InChI is InChI=1S/C12H12F3N3O/c13-12(14,15)9-2-1-3-10(17-9)18-11(19)8-5-6-4-7(6)16-8/h1-3,6-8,16H,4-5H2,(H,17,18,19). The lowest BCUT2D eigenvalue weighted by Crippen LogP contribution is -2.38. The number of piperidine rings is 1. The fourth-order valence-electron chi connectivity index (χ4n) is 2.40. The second-order valence-electron chi connectivity index (χ2n) is 4.95. The van der Waals surface area contributed by atoms with Crippen molar-refractivity contribution in [3.8, 4) is 0 Å². The molecule has 7 heteroatoms. The second kappa shape index (κ2) is 4.19. The summed E-state index contributed by atoms with van der Waals surface area (Å²) in [5.74, 6) is 0.159. The first-order chi connectivity index (χ1) is 8.93. The molecule has 0 aromatic carbocycles. The normalized spacial score (nSPS) is 28.9. The molecule has 4 nitrogen and oxygen atoms in total. The zero-order valence-electron chi connectivity index (χ0n) is 9.87. The van der Waals surface area contributed by atoms with Crippen LogP contribution in [-0.2, 0) is 11.0 Å². The third kappa shape index (κ3) is 2.56. The van der Waals surface area contributed by atoms with Crippen molar-refractivity contribution >= 4 is 11.7 Å². The van der Waals surface area contributed by atoms with Gasteiger partial charge < -0.3 is 10.6 Å². The Kier molecular flexibility index (Phi) is 2.74. The molecule has 1 saturated heterocycles. The van der Waals surface area contributed by atoms with Crippen molar-refractivity contribution in [3.05, 3.63) is 23.9 Å². The van der Waals surface area contributed by atoms with Crippen LogP contribution < -0.4 is 10.6 Å². The fraction of sp³-hybridized carbons (Fsp3) is 0.500. The number of alkyl halides is 3. The highest BCUT2D eigenvalue weighted by Crippen LogP contribution is 2.40. The number of rotatable bonds is 2. The second-order valence-corrected chi connectivity index (χ2v) is 4.95. The molecule has 102 valence electrons. The van der Waals surface area contributed by atoms with Crippen LogP contribution in [0.2, 0.25) is 0 Å². The molecule has 1 amide bonds. The first-order valence-corrected chi connectivity index (χ1v) is 6.04. The van der Waals surface area contributed by atoms with E-state index in [4.69, 9.17) is 0 Å². The molecule has 1 aromatic heterocycles. The van der Waals surface area contributed by atoms with E-state index in [2.05, 4.69) is 15.6 Å². The SMILES string of the molecule is O=C(Nc1cccc(C(F)(F)F)n1)C1CC2CC2N1. The molecule has 1 aliphatic carbocycles. The van der Waals surface area contributed by atoms with Gasteiger partial charge >= 0.3 is 6.18 Å². The van der Waals surface area contributed by atoms with Gasteiger partial charge in [-0.3, -0.25) is 4.79 Å². The maximum absolute atomic E-state index is 12.5. The highest BCUT2D eigenvalue weighted by Gasteiger charge is 2.47. The third-order valence-electron chi connectivity index (χ3n) is 3.48. The zero-order chi connectivity index (χ0) is 13.6. The Bertz CT molecular complexity index is 507. The van der Waals surface area contributed by atoms with Gasteiger partial charge in [0.25, 0.3) is 0 Å². The smallest absolute Gasteiger partial charge is 0.309 e. The summed E-state index contributed by atoms with van der Waals surface area (Å²) in [5, 5.41) is 5.56. The van der Waals surface area contributed by atoms with E-state index in [9.17, 15) is 18.0 Å². The van der Waals surface area contributed by atoms with Crippen molar-refractivity contribution in [1.29, 1.82) is 0 Å². The molecule has 3 rings (SSSR count). The number of aromatic nitrogens is 1. The predicted octanol–water partition coefficient (Wildman–Crippen LogP) is 1.79. The van der Waals surface area contributed by atoms with Crippen LogP contribution in [0.25, 0.3) is 0 Å². The fourth-order valence-corrected chi connectivity index (χ4v) is 2.40. The van der Waals surface area contributed by atoms with Gasteiger partial charge in [0.1, 0.15) is 11.5 Å². The molecule has 2 N–H and O–H groups in total. The van der Waals surface area contributed by atoms with Crippen LogP contribution >= 0.6 is 0 Å². The number of fused-ring (bicyclic) bond motifs is 1. The molecule has 2 heterocycles. The van der Waals surface area contributed by atoms with Gasteiger partial charge in [0.05, 0.1) is 6.04 Å². The van der Waals surface area contributed by atoms with Crippen LogP contribution in [0.3, 0.4) is 0 Å². The first-order valence-electron chi connectivity index (χ1n) is 6.04. The van der Waals surface area contributed by atoms with E-state index in [0.717, 1.165) is 18.9 Å². The number of amides is 1. The van der Waals surface area contributed by atoms with Crippen LogP contribution in [0.1, 0.15) is 18.5 Å². The molecule has 0 spiro atoms. The van der Waals surface area contributed by atoms with Gasteiger partial charge in [-0.1, -0.05) is 6.07 Å². The van der Waals surface area contributed by atoms with E-state index in [1.54, 1.807) is 0 Å². The van der Waals surface area contributed by atoms with Crippen molar-refractivity contribution in [3.63, 3.8) is 0 Å². The van der Waals surface area contributed by atoms with Crippen molar-refractivity contribution in [1.82, 2.24) is 10.3 Å². The maximum atomic E-state index is 12.5. The summed E-state index contributed by atoms with van der Waals surface area (Å²) in [7, 11) is 0. The number of hydrogen-bond acceptors (Lipinski definition) is 3. The van der Waals surface area contributed by atoms with E-state index in [0.29, 0.717) is 12.0 Å². The van der Waals surface area contributed by atoms with Gasteiger partial charge in [-0.15, -0.1) is 0 Å². The van der Waals surface area contributed by atoms with Gasteiger partial charge in [-0.05, 0) is 30.9 Å².